The number of nitrogens with one attached hydrogen (secondary N) is 1. The molecule has 1 heterocycles. The summed E-state index contributed by atoms with van der Waals surface area (Å²) >= 11 is 3.34. The molecular formula is C11H17BrN2O2. The van der Waals surface area contributed by atoms with Gasteiger partial charge in [-0.1, -0.05) is 28.8 Å². The summed E-state index contributed by atoms with van der Waals surface area (Å²) in [6.07, 6.45) is 5.58. The number of halogens is 1. The highest BCUT2D eigenvalue weighted by atomic mass is 79.9. The fraction of sp³-hybridized carbons (Fsp3) is 0.818. The van der Waals surface area contributed by atoms with Gasteiger partial charge in [-0.2, -0.15) is 0 Å². The standard InChI is InChI=1S/C11H17BrN2O2/c12-7-3-4-8-14-9(15)11(13-10(14)16)5-1-2-6-11/h1-8H2,(H,13,16). The summed E-state index contributed by atoms with van der Waals surface area (Å²) in [4.78, 5) is 25.3. The van der Waals surface area contributed by atoms with Crippen molar-refractivity contribution in [2.75, 3.05) is 11.9 Å². The summed E-state index contributed by atoms with van der Waals surface area (Å²) in [5.41, 5.74) is -0.536. The van der Waals surface area contributed by atoms with Crippen molar-refractivity contribution in [2.24, 2.45) is 0 Å². The average molecular weight is 289 g/mol. The van der Waals surface area contributed by atoms with Crippen LogP contribution in [0.2, 0.25) is 0 Å². The molecule has 4 nitrogen and oxygen atoms in total. The lowest BCUT2D eigenvalue weighted by Gasteiger charge is -2.19. The van der Waals surface area contributed by atoms with Gasteiger partial charge in [-0.05, 0) is 25.7 Å². The van der Waals surface area contributed by atoms with Crippen LogP contribution in [0.15, 0.2) is 0 Å². The second-order valence-electron chi connectivity index (χ2n) is 4.57. The lowest BCUT2D eigenvalue weighted by atomic mass is 9.98. The van der Waals surface area contributed by atoms with E-state index in [0.29, 0.717) is 6.54 Å². The quantitative estimate of drug-likeness (QED) is 0.489. The first-order chi connectivity index (χ1) is 7.69. The van der Waals surface area contributed by atoms with Crippen LogP contribution in [-0.2, 0) is 4.79 Å². The Bertz CT molecular complexity index is 300. The molecule has 2 aliphatic rings. The molecule has 0 atom stereocenters. The Morgan fingerprint density at radius 3 is 2.56 bits per heavy atom. The van der Waals surface area contributed by atoms with Gasteiger partial charge in [0.25, 0.3) is 5.91 Å². The molecule has 0 unspecified atom stereocenters. The van der Waals surface area contributed by atoms with Crippen LogP contribution in [0.1, 0.15) is 38.5 Å². The number of rotatable bonds is 4. The maximum atomic E-state index is 12.2. The Labute approximate surface area is 104 Å². The lowest BCUT2D eigenvalue weighted by molar-refractivity contribution is -0.131. The monoisotopic (exact) mass is 288 g/mol. The smallest absolute Gasteiger partial charge is 0.323 e. The Morgan fingerprint density at radius 2 is 1.94 bits per heavy atom. The summed E-state index contributed by atoms with van der Waals surface area (Å²) in [5.74, 6) is 0.00423. The molecule has 1 N–H and O–H groups in total. The number of urea groups is 1. The summed E-state index contributed by atoms with van der Waals surface area (Å²) < 4.78 is 0. The number of alkyl halides is 1. The van der Waals surface area contributed by atoms with Gasteiger partial charge in [0.1, 0.15) is 5.54 Å². The van der Waals surface area contributed by atoms with Crippen molar-refractivity contribution >= 4 is 27.9 Å². The SMILES string of the molecule is O=C1NC2(CCCC2)C(=O)N1CCCCBr. The van der Waals surface area contributed by atoms with Crippen LogP contribution >= 0.6 is 15.9 Å². The molecule has 1 aliphatic heterocycles. The van der Waals surface area contributed by atoms with Gasteiger partial charge in [0, 0.05) is 11.9 Å². The number of nitrogens with zero attached hydrogens (tertiary/aromatic N) is 1. The fourth-order valence-corrected chi connectivity index (χ4v) is 2.96. The predicted molar refractivity (Wildman–Crippen MR) is 64.5 cm³/mol. The maximum absolute atomic E-state index is 12.2. The molecule has 5 heteroatoms. The van der Waals surface area contributed by atoms with Crippen LogP contribution in [0.25, 0.3) is 0 Å². The van der Waals surface area contributed by atoms with E-state index in [2.05, 4.69) is 21.2 Å². The molecule has 0 aromatic heterocycles. The van der Waals surface area contributed by atoms with E-state index < -0.39 is 5.54 Å². The van der Waals surface area contributed by atoms with Crippen molar-refractivity contribution in [2.45, 2.75) is 44.1 Å². The number of amides is 3. The first-order valence-corrected chi connectivity index (χ1v) is 7.02. The molecule has 0 aromatic rings. The Hall–Kier alpha value is -0.580. The average Bonchev–Trinajstić information content (AvgIpc) is 2.80. The predicted octanol–water partition coefficient (Wildman–Crippen LogP) is 2.03. The van der Waals surface area contributed by atoms with Crippen molar-refractivity contribution < 1.29 is 9.59 Å². The molecule has 1 spiro atoms. The minimum atomic E-state index is -0.536. The first kappa shape index (κ1) is 11.9. The summed E-state index contributed by atoms with van der Waals surface area (Å²) in [6, 6.07) is -0.193. The normalized spacial score (nSPS) is 23.2. The zero-order valence-corrected chi connectivity index (χ0v) is 10.9. The number of unbranched alkanes of at least 4 members (excludes halogenated alkanes) is 1. The second kappa shape index (κ2) is 4.73. The van der Waals surface area contributed by atoms with Crippen molar-refractivity contribution in [1.29, 1.82) is 0 Å². The minimum Gasteiger partial charge on any atom is -0.323 e. The molecule has 1 aliphatic carbocycles. The number of carbonyl (C=O) groups is 2. The fourth-order valence-electron chi connectivity index (χ4n) is 2.56. The molecule has 0 bridgehead atoms. The van der Waals surface area contributed by atoms with E-state index in [4.69, 9.17) is 0 Å². The van der Waals surface area contributed by atoms with Gasteiger partial charge in [0.15, 0.2) is 0 Å². The Morgan fingerprint density at radius 1 is 1.25 bits per heavy atom. The Kier molecular flexibility index (Phi) is 3.52. The van der Waals surface area contributed by atoms with Gasteiger partial charge >= 0.3 is 6.03 Å². The molecule has 3 amide bonds. The van der Waals surface area contributed by atoms with Crippen LogP contribution in [0.4, 0.5) is 4.79 Å². The van der Waals surface area contributed by atoms with Crippen molar-refractivity contribution in [3.63, 3.8) is 0 Å². The minimum absolute atomic E-state index is 0.00423. The molecule has 1 saturated carbocycles. The topological polar surface area (TPSA) is 49.4 Å². The van der Waals surface area contributed by atoms with E-state index >= 15 is 0 Å². The Balaban J connectivity index is 1.99. The highest BCUT2D eigenvalue weighted by Gasteiger charge is 2.51. The molecule has 2 rings (SSSR count). The van der Waals surface area contributed by atoms with Gasteiger partial charge in [0.05, 0.1) is 0 Å². The molecule has 90 valence electrons. The van der Waals surface area contributed by atoms with Crippen LogP contribution in [0, 0.1) is 0 Å². The largest absolute Gasteiger partial charge is 0.325 e. The van der Waals surface area contributed by atoms with Gasteiger partial charge in [-0.15, -0.1) is 0 Å². The highest BCUT2D eigenvalue weighted by molar-refractivity contribution is 9.09. The van der Waals surface area contributed by atoms with E-state index in [9.17, 15) is 9.59 Å². The zero-order chi connectivity index (χ0) is 11.6. The van der Waals surface area contributed by atoms with Gasteiger partial charge < -0.3 is 5.32 Å². The number of imide groups is 1. The lowest BCUT2D eigenvalue weighted by Crippen LogP contribution is -2.44. The number of hydrogen-bond acceptors (Lipinski definition) is 2. The van der Waals surface area contributed by atoms with Crippen LogP contribution < -0.4 is 5.32 Å². The third-order valence-corrected chi connectivity index (χ3v) is 4.03. The van der Waals surface area contributed by atoms with E-state index in [1.54, 1.807) is 0 Å². The second-order valence-corrected chi connectivity index (χ2v) is 5.37. The highest BCUT2D eigenvalue weighted by Crippen LogP contribution is 2.35. The van der Waals surface area contributed by atoms with Gasteiger partial charge in [0.2, 0.25) is 0 Å². The molecule has 0 aromatic carbocycles. The summed E-state index contributed by atoms with van der Waals surface area (Å²) in [7, 11) is 0. The van der Waals surface area contributed by atoms with E-state index in [1.165, 1.54) is 4.90 Å². The first-order valence-electron chi connectivity index (χ1n) is 5.90. The van der Waals surface area contributed by atoms with Gasteiger partial charge in [-0.3, -0.25) is 9.69 Å². The molecule has 1 saturated heterocycles. The van der Waals surface area contributed by atoms with Gasteiger partial charge in [-0.25, -0.2) is 4.79 Å². The molecule has 0 radical (unpaired) electrons. The number of hydrogen-bond donors (Lipinski definition) is 1. The molecular weight excluding hydrogens is 272 g/mol. The number of carbonyl (C=O) groups excluding carboxylic acids is 2. The van der Waals surface area contributed by atoms with Crippen LogP contribution in [-0.4, -0.2) is 34.3 Å². The van der Waals surface area contributed by atoms with E-state index in [-0.39, 0.29) is 11.9 Å². The third-order valence-electron chi connectivity index (χ3n) is 3.47. The van der Waals surface area contributed by atoms with Crippen molar-refractivity contribution in [3.05, 3.63) is 0 Å². The zero-order valence-electron chi connectivity index (χ0n) is 9.30. The van der Waals surface area contributed by atoms with E-state index in [0.717, 1.165) is 43.9 Å². The van der Waals surface area contributed by atoms with Crippen LogP contribution in [0.5, 0.6) is 0 Å². The van der Waals surface area contributed by atoms with E-state index in [1.807, 2.05) is 0 Å². The van der Waals surface area contributed by atoms with Crippen LogP contribution in [0.3, 0.4) is 0 Å². The molecule has 16 heavy (non-hydrogen) atoms. The van der Waals surface area contributed by atoms with Crippen molar-refractivity contribution in [3.8, 4) is 0 Å². The summed E-state index contributed by atoms with van der Waals surface area (Å²) in [5, 5.41) is 3.80. The molecule has 2 fully saturated rings. The van der Waals surface area contributed by atoms with Crippen molar-refractivity contribution in [1.82, 2.24) is 10.2 Å². The maximum Gasteiger partial charge on any atom is 0.325 e. The summed E-state index contributed by atoms with van der Waals surface area (Å²) in [6.45, 7) is 0.554. The third kappa shape index (κ3) is 1.97.